The van der Waals surface area contributed by atoms with Gasteiger partial charge < -0.3 is 15.8 Å². The molecule has 1 unspecified atom stereocenters. The minimum Gasteiger partial charge on any atom is -0.377 e. The van der Waals surface area contributed by atoms with Crippen molar-refractivity contribution >= 4 is 5.91 Å². The molecule has 0 aromatic heterocycles. The van der Waals surface area contributed by atoms with Crippen LogP contribution < -0.4 is 11.1 Å². The van der Waals surface area contributed by atoms with Crippen LogP contribution in [0.5, 0.6) is 0 Å². The Kier molecular flexibility index (Phi) is 4.11. The lowest BCUT2D eigenvalue weighted by Crippen LogP contribution is -2.41. The van der Waals surface area contributed by atoms with Crippen molar-refractivity contribution in [1.82, 2.24) is 5.32 Å². The second-order valence-electron chi connectivity index (χ2n) is 4.95. The van der Waals surface area contributed by atoms with Gasteiger partial charge in [0.05, 0.1) is 5.60 Å². The highest BCUT2D eigenvalue weighted by Gasteiger charge is 2.30. The van der Waals surface area contributed by atoms with E-state index in [4.69, 9.17) is 10.5 Å². The van der Waals surface area contributed by atoms with E-state index in [9.17, 15) is 4.79 Å². The number of nitrogens with two attached hydrogens (primary N) is 1. The van der Waals surface area contributed by atoms with Crippen molar-refractivity contribution in [3.63, 3.8) is 0 Å². The summed E-state index contributed by atoms with van der Waals surface area (Å²) in [7, 11) is 1.64. The lowest BCUT2D eigenvalue weighted by atomic mass is 10.1. The Morgan fingerprint density at radius 2 is 2.20 bits per heavy atom. The third-order valence-electron chi connectivity index (χ3n) is 2.91. The van der Waals surface area contributed by atoms with Crippen molar-refractivity contribution in [3.05, 3.63) is 0 Å². The van der Waals surface area contributed by atoms with Gasteiger partial charge in [-0.05, 0) is 32.6 Å². The van der Waals surface area contributed by atoms with Gasteiger partial charge in [-0.3, -0.25) is 4.79 Å². The zero-order chi connectivity index (χ0) is 11.5. The quantitative estimate of drug-likeness (QED) is 0.682. The van der Waals surface area contributed by atoms with E-state index in [0.29, 0.717) is 18.9 Å². The molecule has 0 aromatic rings. The number of hydrogen-bond acceptors (Lipinski definition) is 3. The molecule has 15 heavy (non-hydrogen) atoms. The number of hydrogen-bond donors (Lipinski definition) is 2. The van der Waals surface area contributed by atoms with Crippen LogP contribution in [0.1, 0.15) is 33.1 Å². The van der Waals surface area contributed by atoms with Crippen LogP contribution in [0.4, 0.5) is 0 Å². The van der Waals surface area contributed by atoms with Crippen molar-refractivity contribution in [2.75, 3.05) is 13.7 Å². The van der Waals surface area contributed by atoms with Crippen LogP contribution in [0.3, 0.4) is 0 Å². The summed E-state index contributed by atoms with van der Waals surface area (Å²) >= 11 is 0. The van der Waals surface area contributed by atoms with Crippen molar-refractivity contribution < 1.29 is 9.53 Å². The molecule has 1 rings (SSSR count). The molecule has 0 saturated heterocycles. The van der Waals surface area contributed by atoms with Gasteiger partial charge in [0, 0.05) is 26.1 Å². The van der Waals surface area contributed by atoms with Crippen molar-refractivity contribution in [2.45, 2.75) is 44.8 Å². The maximum absolute atomic E-state index is 11.5. The normalized spacial score (nSPS) is 18.7. The topological polar surface area (TPSA) is 64.3 Å². The van der Waals surface area contributed by atoms with E-state index in [2.05, 4.69) is 5.32 Å². The van der Waals surface area contributed by atoms with Gasteiger partial charge in [-0.25, -0.2) is 0 Å². The van der Waals surface area contributed by atoms with Gasteiger partial charge >= 0.3 is 0 Å². The second-order valence-corrected chi connectivity index (χ2v) is 4.95. The first kappa shape index (κ1) is 12.5. The van der Waals surface area contributed by atoms with Crippen LogP contribution in [0.2, 0.25) is 0 Å². The van der Waals surface area contributed by atoms with Crippen LogP contribution in [-0.4, -0.2) is 31.2 Å². The predicted molar refractivity (Wildman–Crippen MR) is 59.4 cm³/mol. The molecule has 3 N–H and O–H groups in total. The average Bonchev–Trinajstić information content (AvgIpc) is 2.98. The van der Waals surface area contributed by atoms with Gasteiger partial charge in [0.25, 0.3) is 0 Å². The lowest BCUT2D eigenvalue weighted by molar-refractivity contribution is -0.122. The fraction of sp³-hybridized carbons (Fsp3) is 0.909. The number of amides is 1. The van der Waals surface area contributed by atoms with Crippen LogP contribution in [-0.2, 0) is 9.53 Å². The minimum atomic E-state index is -0.306. The summed E-state index contributed by atoms with van der Waals surface area (Å²) in [6.45, 7) is 4.40. The molecule has 88 valence electrons. The monoisotopic (exact) mass is 214 g/mol. The molecular weight excluding hydrogens is 192 g/mol. The highest BCUT2D eigenvalue weighted by atomic mass is 16.5. The fourth-order valence-electron chi connectivity index (χ4n) is 1.36. The van der Waals surface area contributed by atoms with E-state index in [1.54, 1.807) is 7.11 Å². The minimum absolute atomic E-state index is 0.0273. The van der Waals surface area contributed by atoms with E-state index in [-0.39, 0.29) is 17.6 Å². The van der Waals surface area contributed by atoms with Gasteiger partial charge in [0.2, 0.25) is 5.91 Å². The van der Waals surface area contributed by atoms with Gasteiger partial charge in [-0.15, -0.1) is 0 Å². The number of ether oxygens (including phenoxy) is 1. The summed E-state index contributed by atoms with van der Waals surface area (Å²) in [4.78, 5) is 11.5. The smallest absolute Gasteiger partial charge is 0.221 e. The number of carbonyl (C=O) groups excluding carboxylic acids is 1. The number of rotatable bonds is 6. The summed E-state index contributed by atoms with van der Waals surface area (Å²) in [5.74, 6) is 0.603. The molecule has 1 amide bonds. The maximum atomic E-state index is 11.5. The Labute approximate surface area is 91.5 Å². The molecule has 1 aliphatic rings. The molecule has 0 radical (unpaired) electrons. The van der Waals surface area contributed by atoms with Gasteiger partial charge in [0.15, 0.2) is 0 Å². The Balaban J connectivity index is 2.17. The zero-order valence-electron chi connectivity index (χ0n) is 9.88. The first-order valence-electron chi connectivity index (χ1n) is 5.52. The molecule has 0 bridgehead atoms. The van der Waals surface area contributed by atoms with E-state index < -0.39 is 0 Å². The number of carbonyl (C=O) groups is 1. The Hall–Kier alpha value is -0.610. The van der Waals surface area contributed by atoms with E-state index in [1.807, 2.05) is 13.8 Å². The maximum Gasteiger partial charge on any atom is 0.221 e. The standard InChI is InChI=1S/C11H22N2O2/c1-11(2,15-3)7-13-10(14)6-9(12)8-4-5-8/h8-9H,4-7,12H2,1-3H3,(H,13,14). The fourth-order valence-corrected chi connectivity index (χ4v) is 1.36. The van der Waals surface area contributed by atoms with E-state index in [0.717, 1.165) is 0 Å². The first-order chi connectivity index (χ1) is 6.94. The summed E-state index contributed by atoms with van der Waals surface area (Å²) in [5, 5.41) is 2.84. The summed E-state index contributed by atoms with van der Waals surface area (Å²) < 4.78 is 5.21. The van der Waals surface area contributed by atoms with Crippen LogP contribution in [0.15, 0.2) is 0 Å². The first-order valence-corrected chi connectivity index (χ1v) is 5.52. The van der Waals surface area contributed by atoms with Gasteiger partial charge in [-0.2, -0.15) is 0 Å². The van der Waals surface area contributed by atoms with Crippen LogP contribution in [0.25, 0.3) is 0 Å². The summed E-state index contributed by atoms with van der Waals surface area (Å²) in [5.41, 5.74) is 5.55. The largest absolute Gasteiger partial charge is 0.377 e. The number of nitrogens with one attached hydrogen (secondary N) is 1. The molecule has 1 fully saturated rings. The second kappa shape index (κ2) is 4.94. The highest BCUT2D eigenvalue weighted by Crippen LogP contribution is 2.32. The molecular formula is C11H22N2O2. The third kappa shape index (κ3) is 4.62. The predicted octanol–water partition coefficient (Wildman–Crippen LogP) is 0.655. The molecule has 1 saturated carbocycles. The van der Waals surface area contributed by atoms with Crippen molar-refractivity contribution in [2.24, 2.45) is 11.7 Å². The average molecular weight is 214 g/mol. The van der Waals surface area contributed by atoms with Gasteiger partial charge in [0.1, 0.15) is 0 Å². The summed E-state index contributed by atoms with van der Waals surface area (Å²) in [6, 6.07) is 0.0376. The lowest BCUT2D eigenvalue weighted by Gasteiger charge is -2.23. The van der Waals surface area contributed by atoms with Crippen LogP contribution in [0, 0.1) is 5.92 Å². The Morgan fingerprint density at radius 3 is 2.67 bits per heavy atom. The molecule has 0 heterocycles. The van der Waals surface area contributed by atoms with Crippen molar-refractivity contribution in [1.29, 1.82) is 0 Å². The molecule has 1 aliphatic carbocycles. The Morgan fingerprint density at radius 1 is 1.60 bits per heavy atom. The van der Waals surface area contributed by atoms with E-state index in [1.165, 1.54) is 12.8 Å². The summed E-state index contributed by atoms with van der Waals surface area (Å²) in [6.07, 6.45) is 2.79. The Bertz CT molecular complexity index is 225. The molecule has 0 aromatic carbocycles. The van der Waals surface area contributed by atoms with Gasteiger partial charge in [-0.1, -0.05) is 0 Å². The highest BCUT2D eigenvalue weighted by molar-refractivity contribution is 5.76. The molecule has 1 atom stereocenters. The van der Waals surface area contributed by atoms with Crippen molar-refractivity contribution in [3.8, 4) is 0 Å². The number of methoxy groups -OCH3 is 1. The molecule has 4 heteroatoms. The molecule has 4 nitrogen and oxygen atoms in total. The third-order valence-corrected chi connectivity index (χ3v) is 2.91. The van der Waals surface area contributed by atoms with E-state index >= 15 is 0 Å². The molecule has 0 spiro atoms. The zero-order valence-corrected chi connectivity index (χ0v) is 9.88. The molecule has 0 aliphatic heterocycles. The van der Waals surface area contributed by atoms with Crippen LogP contribution >= 0.6 is 0 Å². The SMILES string of the molecule is COC(C)(C)CNC(=O)CC(N)C1CC1.